The molecule has 0 amide bonds. The third-order valence-corrected chi connectivity index (χ3v) is 2.22. The Morgan fingerprint density at radius 1 is 1.42 bits per heavy atom. The van der Waals surface area contributed by atoms with Crippen molar-refractivity contribution in [2.24, 2.45) is 0 Å². The Kier molecular flexibility index (Phi) is 2.30. The summed E-state index contributed by atoms with van der Waals surface area (Å²) in [5.41, 5.74) is 0. The topological polar surface area (TPSA) is 21.3 Å². The molecule has 0 aromatic rings. The van der Waals surface area contributed by atoms with Gasteiger partial charge >= 0.3 is 0 Å². The van der Waals surface area contributed by atoms with Crippen molar-refractivity contribution in [2.75, 3.05) is 19.9 Å². The Morgan fingerprint density at radius 3 is 2.42 bits per heavy atom. The number of nitrogens with one attached hydrogen (secondary N) is 1. The third-order valence-electron chi connectivity index (χ3n) is 1.91. The van der Waals surface area contributed by atoms with Gasteiger partial charge in [-0.05, 0) is 11.3 Å². The summed E-state index contributed by atoms with van der Waals surface area (Å²) in [5.74, 6) is 0. The largest absolute Gasteiger partial charge is 0.365 e. The lowest BCUT2D eigenvalue weighted by atomic mass is 10.1. The van der Waals surface area contributed by atoms with Crippen molar-refractivity contribution in [3.05, 3.63) is 33.7 Å². The van der Waals surface area contributed by atoms with Crippen LogP contribution in [-0.2, 0) is 4.74 Å². The van der Waals surface area contributed by atoms with Crippen LogP contribution in [0.3, 0.4) is 0 Å². The van der Waals surface area contributed by atoms with Gasteiger partial charge in [0, 0.05) is 16.8 Å². The van der Waals surface area contributed by atoms with Crippen LogP contribution in [0.15, 0.2) is 18.2 Å². The van der Waals surface area contributed by atoms with E-state index in [-0.39, 0.29) is 0 Å². The van der Waals surface area contributed by atoms with Gasteiger partial charge < -0.3 is 4.74 Å². The highest BCUT2D eigenvalue weighted by molar-refractivity contribution is 6.31. The number of hydrogen-bond donors (Lipinski definition) is 1. The molecule has 0 aromatic carbocycles. The quantitative estimate of drug-likeness (QED) is 0.669. The lowest BCUT2D eigenvalue weighted by Crippen LogP contribution is -2.05. The molecule has 1 saturated heterocycles. The van der Waals surface area contributed by atoms with E-state index >= 15 is 0 Å². The third kappa shape index (κ3) is 1.46. The highest BCUT2D eigenvalue weighted by Crippen LogP contribution is 2.20. The van der Waals surface area contributed by atoms with E-state index in [9.17, 15) is 0 Å². The molecule has 0 saturated carbocycles. The van der Waals surface area contributed by atoms with Crippen molar-refractivity contribution in [3.63, 3.8) is 0 Å². The van der Waals surface area contributed by atoms with Crippen molar-refractivity contribution in [1.82, 2.24) is 5.32 Å². The summed E-state index contributed by atoms with van der Waals surface area (Å²) >= 11 is 5.60. The van der Waals surface area contributed by atoms with Crippen LogP contribution >= 0.6 is 11.6 Å². The zero-order chi connectivity index (χ0) is 8.39. The standard InChI is InChI=1S/C6H3Cl.C3H7NO/c7-6-3-4-1-2-5(4)6;1-2-5-3-4-1/h1-3H;4H,1-3H2. The number of ether oxygens (including phenoxy) is 1. The summed E-state index contributed by atoms with van der Waals surface area (Å²) in [6.45, 7) is 2.67. The Bertz CT molecular complexity index is 352. The highest BCUT2D eigenvalue weighted by atomic mass is 35.5. The van der Waals surface area contributed by atoms with E-state index in [1.54, 1.807) is 0 Å². The average Bonchev–Trinajstić information content (AvgIpc) is 2.56. The Morgan fingerprint density at radius 2 is 2.33 bits per heavy atom. The molecule has 3 heteroatoms. The lowest BCUT2D eigenvalue weighted by Gasteiger charge is -2.01. The van der Waals surface area contributed by atoms with Gasteiger partial charge in [-0.1, -0.05) is 23.7 Å². The first-order valence-corrected chi connectivity index (χ1v) is 4.34. The molecule has 2 nitrogen and oxygen atoms in total. The normalized spacial score (nSPS) is 16.8. The van der Waals surface area contributed by atoms with Crippen molar-refractivity contribution < 1.29 is 4.74 Å². The molecular formula is C9H10ClNO. The van der Waals surface area contributed by atoms with E-state index < -0.39 is 0 Å². The minimum atomic E-state index is 0.750. The van der Waals surface area contributed by atoms with E-state index in [0.29, 0.717) is 0 Å². The van der Waals surface area contributed by atoms with Gasteiger partial charge in [0.25, 0.3) is 0 Å². The molecule has 64 valence electrons. The van der Waals surface area contributed by atoms with Gasteiger partial charge in [-0.3, -0.25) is 5.32 Å². The lowest BCUT2D eigenvalue weighted by molar-refractivity contribution is 0.194. The van der Waals surface area contributed by atoms with E-state index in [0.717, 1.165) is 24.9 Å². The van der Waals surface area contributed by atoms with Crippen molar-refractivity contribution in [1.29, 1.82) is 0 Å². The van der Waals surface area contributed by atoms with Crippen molar-refractivity contribution in [3.8, 4) is 0 Å². The minimum absolute atomic E-state index is 0.750. The van der Waals surface area contributed by atoms with E-state index in [1.807, 2.05) is 12.1 Å². The summed E-state index contributed by atoms with van der Waals surface area (Å²) in [7, 11) is 0. The molecule has 0 bridgehead atoms. The van der Waals surface area contributed by atoms with Gasteiger partial charge in [0.1, 0.15) is 0 Å². The van der Waals surface area contributed by atoms with Crippen LogP contribution in [0.25, 0.3) is 0 Å². The second-order valence-electron chi connectivity index (χ2n) is 2.75. The first-order valence-electron chi connectivity index (χ1n) is 3.96. The number of rotatable bonds is 0. The molecule has 0 spiro atoms. The summed E-state index contributed by atoms with van der Waals surface area (Å²) in [4.78, 5) is 0. The molecule has 1 heterocycles. The molecule has 12 heavy (non-hydrogen) atoms. The Hall–Kier alpha value is -0.570. The van der Waals surface area contributed by atoms with Crippen molar-refractivity contribution >= 4 is 11.6 Å². The minimum Gasteiger partial charge on any atom is -0.365 e. The van der Waals surface area contributed by atoms with Crippen molar-refractivity contribution in [2.45, 2.75) is 0 Å². The molecule has 3 rings (SSSR count). The van der Waals surface area contributed by atoms with Gasteiger partial charge in [0.2, 0.25) is 0 Å². The van der Waals surface area contributed by atoms with Crippen LogP contribution in [0.1, 0.15) is 0 Å². The second kappa shape index (κ2) is 3.44. The maximum Gasteiger partial charge on any atom is 0.0966 e. The van der Waals surface area contributed by atoms with E-state index in [1.165, 1.54) is 10.4 Å². The predicted octanol–water partition coefficient (Wildman–Crippen LogP) is 1.50. The number of benzene rings is 1. The second-order valence-corrected chi connectivity index (χ2v) is 3.15. The molecule has 3 aliphatic rings. The fourth-order valence-electron chi connectivity index (χ4n) is 1.10. The molecule has 0 aromatic heterocycles. The maximum atomic E-state index is 5.60. The van der Waals surface area contributed by atoms with Crippen LogP contribution in [-0.4, -0.2) is 19.9 Å². The monoisotopic (exact) mass is 183 g/mol. The van der Waals surface area contributed by atoms with Crippen LogP contribution in [0, 0.1) is 10.4 Å². The fourth-order valence-corrected chi connectivity index (χ4v) is 1.39. The smallest absolute Gasteiger partial charge is 0.0966 e. The maximum absolute atomic E-state index is 5.60. The Balaban J connectivity index is 0.000000100. The van der Waals surface area contributed by atoms with Crippen LogP contribution < -0.4 is 5.32 Å². The number of halogens is 1. The molecule has 1 N–H and O–H groups in total. The molecule has 0 unspecified atom stereocenters. The SMILES string of the molecule is C1COCN1.Clc1cc2ccc1=2. The molecule has 1 aliphatic heterocycles. The first kappa shape index (κ1) is 8.05. The summed E-state index contributed by atoms with van der Waals surface area (Å²) in [6.07, 6.45) is 0. The predicted molar refractivity (Wildman–Crippen MR) is 47.9 cm³/mol. The van der Waals surface area contributed by atoms with E-state index in [2.05, 4.69) is 11.4 Å². The summed E-state index contributed by atoms with van der Waals surface area (Å²) in [5, 5.41) is 6.46. The zero-order valence-electron chi connectivity index (χ0n) is 6.64. The highest BCUT2D eigenvalue weighted by Gasteiger charge is 1.99. The Labute approximate surface area is 75.8 Å². The average molecular weight is 184 g/mol. The molecule has 0 atom stereocenters. The zero-order valence-corrected chi connectivity index (χ0v) is 7.40. The van der Waals surface area contributed by atoms with Crippen LogP contribution in [0.5, 0.6) is 0 Å². The van der Waals surface area contributed by atoms with Crippen LogP contribution in [0.2, 0.25) is 5.02 Å². The van der Waals surface area contributed by atoms with Gasteiger partial charge in [0.05, 0.1) is 13.3 Å². The molecule has 2 aliphatic carbocycles. The summed E-state index contributed by atoms with van der Waals surface area (Å²) < 4.78 is 4.83. The molecule has 0 radical (unpaired) electrons. The van der Waals surface area contributed by atoms with E-state index in [4.69, 9.17) is 16.3 Å². The van der Waals surface area contributed by atoms with Gasteiger partial charge in [-0.15, -0.1) is 0 Å². The van der Waals surface area contributed by atoms with Crippen LogP contribution in [0.4, 0.5) is 0 Å². The molecular weight excluding hydrogens is 174 g/mol. The van der Waals surface area contributed by atoms with Gasteiger partial charge in [-0.25, -0.2) is 0 Å². The first-order chi connectivity index (χ1) is 5.88. The number of hydrogen-bond acceptors (Lipinski definition) is 2. The summed E-state index contributed by atoms with van der Waals surface area (Å²) in [6, 6.07) is 6.05. The molecule has 1 fully saturated rings. The van der Waals surface area contributed by atoms with Gasteiger partial charge in [0.15, 0.2) is 0 Å². The van der Waals surface area contributed by atoms with Gasteiger partial charge in [-0.2, -0.15) is 0 Å². The fraction of sp³-hybridized carbons (Fsp3) is 0.333.